The largest absolute Gasteiger partial charge is 0.295 e. The van der Waals surface area contributed by atoms with Crippen LogP contribution in [0.4, 0.5) is 0 Å². The lowest BCUT2D eigenvalue weighted by Gasteiger charge is -2.22. The molecule has 160 valence electrons. The normalized spacial score (nSPS) is 11.4. The van der Waals surface area contributed by atoms with E-state index in [1.54, 1.807) is 0 Å². The lowest BCUT2D eigenvalue weighted by Crippen LogP contribution is -2.24. The van der Waals surface area contributed by atoms with Crippen molar-refractivity contribution in [3.8, 4) is 0 Å². The van der Waals surface area contributed by atoms with Crippen molar-refractivity contribution in [3.63, 3.8) is 0 Å². The second kappa shape index (κ2) is 15.3. The Morgan fingerprint density at radius 2 is 0.966 bits per heavy atom. The molecule has 0 saturated carbocycles. The van der Waals surface area contributed by atoms with Crippen LogP contribution >= 0.6 is 0 Å². The summed E-state index contributed by atoms with van der Waals surface area (Å²) in [4.78, 5) is 2.61. The maximum atomic E-state index is 2.61. The molecule has 0 aliphatic rings. The first-order valence-electron chi connectivity index (χ1n) is 12.0. The first kappa shape index (κ1) is 23.7. The Hall–Kier alpha value is -1.60. The van der Waals surface area contributed by atoms with Crippen molar-refractivity contribution < 1.29 is 0 Å². The molecule has 0 atom stereocenters. The molecule has 0 aliphatic heterocycles. The zero-order valence-electron chi connectivity index (χ0n) is 19.0. The maximum absolute atomic E-state index is 2.61. The molecule has 0 bridgehead atoms. The summed E-state index contributed by atoms with van der Waals surface area (Å²) in [5, 5.41) is 0. The summed E-state index contributed by atoms with van der Waals surface area (Å²) in [6.45, 7) is 7.96. The lowest BCUT2D eigenvalue weighted by molar-refractivity contribution is 0.250. The molecule has 0 fully saturated rings. The van der Waals surface area contributed by atoms with Gasteiger partial charge in [-0.25, -0.2) is 0 Å². The average Bonchev–Trinajstić information content (AvgIpc) is 2.73. The summed E-state index contributed by atoms with van der Waals surface area (Å²) in [5.74, 6) is 0.873. The number of unbranched alkanes of at least 4 members (excludes halogenated alkanes) is 8. The number of hydrogen-bond acceptors (Lipinski definition) is 1. The SMILES string of the molecule is CC(C)CCCCCCCCCCCN(Cc1ccccc1)Cc1ccccc1. The molecule has 0 radical (unpaired) electrons. The molecule has 0 unspecified atom stereocenters. The highest BCUT2D eigenvalue weighted by Gasteiger charge is 2.07. The molecule has 0 heterocycles. The molecule has 1 heteroatoms. The Morgan fingerprint density at radius 1 is 0.552 bits per heavy atom. The van der Waals surface area contributed by atoms with Gasteiger partial charge in [0, 0.05) is 13.1 Å². The molecule has 0 N–H and O–H groups in total. The van der Waals surface area contributed by atoms with Crippen molar-refractivity contribution in [2.75, 3.05) is 6.54 Å². The van der Waals surface area contributed by atoms with Crippen LogP contribution in [0.3, 0.4) is 0 Å². The van der Waals surface area contributed by atoms with Crippen LogP contribution in [-0.2, 0) is 13.1 Å². The van der Waals surface area contributed by atoms with E-state index < -0.39 is 0 Å². The smallest absolute Gasteiger partial charge is 0.0237 e. The van der Waals surface area contributed by atoms with Crippen molar-refractivity contribution in [1.82, 2.24) is 4.90 Å². The molecule has 0 aliphatic carbocycles. The molecule has 0 saturated heterocycles. The second-order valence-electron chi connectivity index (χ2n) is 9.05. The Bertz CT molecular complexity index is 563. The van der Waals surface area contributed by atoms with Gasteiger partial charge < -0.3 is 0 Å². The Morgan fingerprint density at radius 3 is 1.41 bits per heavy atom. The summed E-state index contributed by atoms with van der Waals surface area (Å²) in [6.07, 6.45) is 14.1. The molecule has 29 heavy (non-hydrogen) atoms. The second-order valence-corrected chi connectivity index (χ2v) is 9.05. The van der Waals surface area contributed by atoms with Gasteiger partial charge in [0.2, 0.25) is 0 Å². The highest BCUT2D eigenvalue weighted by Crippen LogP contribution is 2.15. The van der Waals surface area contributed by atoms with Gasteiger partial charge in [-0.1, -0.05) is 132 Å². The van der Waals surface area contributed by atoms with Crippen molar-refractivity contribution in [2.45, 2.75) is 91.1 Å². The third kappa shape index (κ3) is 11.9. The summed E-state index contributed by atoms with van der Waals surface area (Å²) in [6, 6.07) is 21.8. The van der Waals surface area contributed by atoms with Crippen molar-refractivity contribution in [1.29, 1.82) is 0 Å². The Labute approximate surface area is 180 Å². The van der Waals surface area contributed by atoms with Crippen LogP contribution in [0.15, 0.2) is 60.7 Å². The van der Waals surface area contributed by atoms with Crippen molar-refractivity contribution in [3.05, 3.63) is 71.8 Å². The van der Waals surface area contributed by atoms with E-state index in [1.165, 1.54) is 81.9 Å². The van der Waals surface area contributed by atoms with Crippen LogP contribution in [0.2, 0.25) is 0 Å². The highest BCUT2D eigenvalue weighted by atomic mass is 15.1. The van der Waals surface area contributed by atoms with Crippen molar-refractivity contribution in [2.24, 2.45) is 5.92 Å². The highest BCUT2D eigenvalue weighted by molar-refractivity contribution is 5.17. The third-order valence-electron chi connectivity index (χ3n) is 5.75. The number of hydrogen-bond donors (Lipinski definition) is 0. The Balaban J connectivity index is 1.60. The van der Waals surface area contributed by atoms with Gasteiger partial charge in [-0.3, -0.25) is 4.90 Å². The molecular formula is C28H43N. The molecule has 0 amide bonds. The minimum absolute atomic E-state index is 0.873. The molecule has 2 rings (SSSR count). The molecule has 1 nitrogen and oxygen atoms in total. The molecular weight excluding hydrogens is 350 g/mol. The molecule has 2 aromatic rings. The summed E-state index contributed by atoms with van der Waals surface area (Å²) >= 11 is 0. The van der Waals surface area contributed by atoms with Gasteiger partial charge >= 0.3 is 0 Å². The van der Waals surface area contributed by atoms with Gasteiger partial charge in [-0.05, 0) is 30.0 Å². The van der Waals surface area contributed by atoms with Crippen LogP contribution in [-0.4, -0.2) is 11.4 Å². The predicted octanol–water partition coefficient (Wildman–Crippen LogP) is 8.25. The first-order valence-corrected chi connectivity index (χ1v) is 12.0. The number of rotatable bonds is 16. The van der Waals surface area contributed by atoms with Crippen LogP contribution in [0.25, 0.3) is 0 Å². The van der Waals surface area contributed by atoms with E-state index in [-0.39, 0.29) is 0 Å². The maximum Gasteiger partial charge on any atom is 0.0237 e. The average molecular weight is 394 g/mol. The Kier molecular flexibility index (Phi) is 12.5. The fourth-order valence-electron chi connectivity index (χ4n) is 4.02. The first-order chi connectivity index (χ1) is 14.2. The van der Waals surface area contributed by atoms with Gasteiger partial charge in [0.15, 0.2) is 0 Å². The fraction of sp³-hybridized carbons (Fsp3) is 0.571. The van der Waals surface area contributed by atoms with E-state index in [0.29, 0.717) is 0 Å². The minimum Gasteiger partial charge on any atom is -0.295 e. The molecule has 2 aromatic carbocycles. The van der Waals surface area contributed by atoms with E-state index in [2.05, 4.69) is 79.4 Å². The van der Waals surface area contributed by atoms with Crippen LogP contribution < -0.4 is 0 Å². The zero-order valence-corrected chi connectivity index (χ0v) is 19.0. The van der Waals surface area contributed by atoms with E-state index in [1.807, 2.05) is 0 Å². The van der Waals surface area contributed by atoms with Crippen LogP contribution in [0.1, 0.15) is 89.2 Å². The van der Waals surface area contributed by atoms with Crippen LogP contribution in [0, 0.1) is 5.92 Å². The molecule has 0 aromatic heterocycles. The van der Waals surface area contributed by atoms with Crippen molar-refractivity contribution >= 4 is 0 Å². The molecule has 0 spiro atoms. The van der Waals surface area contributed by atoms with E-state index in [0.717, 1.165) is 19.0 Å². The summed E-state index contributed by atoms with van der Waals surface area (Å²) < 4.78 is 0. The summed E-state index contributed by atoms with van der Waals surface area (Å²) in [5.41, 5.74) is 2.83. The fourth-order valence-corrected chi connectivity index (χ4v) is 4.02. The van der Waals surface area contributed by atoms with E-state index in [4.69, 9.17) is 0 Å². The number of benzene rings is 2. The monoisotopic (exact) mass is 393 g/mol. The van der Waals surface area contributed by atoms with Gasteiger partial charge in [-0.15, -0.1) is 0 Å². The lowest BCUT2D eigenvalue weighted by atomic mass is 10.0. The van der Waals surface area contributed by atoms with Crippen LogP contribution in [0.5, 0.6) is 0 Å². The summed E-state index contributed by atoms with van der Waals surface area (Å²) in [7, 11) is 0. The third-order valence-corrected chi connectivity index (χ3v) is 5.75. The number of nitrogens with zero attached hydrogens (tertiary/aromatic N) is 1. The van der Waals surface area contributed by atoms with E-state index in [9.17, 15) is 0 Å². The van der Waals surface area contributed by atoms with Gasteiger partial charge in [-0.2, -0.15) is 0 Å². The van der Waals surface area contributed by atoms with Gasteiger partial charge in [0.25, 0.3) is 0 Å². The predicted molar refractivity (Wildman–Crippen MR) is 128 cm³/mol. The van der Waals surface area contributed by atoms with Gasteiger partial charge in [0.05, 0.1) is 0 Å². The topological polar surface area (TPSA) is 3.24 Å². The van der Waals surface area contributed by atoms with E-state index >= 15 is 0 Å². The van der Waals surface area contributed by atoms with Gasteiger partial charge in [0.1, 0.15) is 0 Å². The minimum atomic E-state index is 0.873. The quantitative estimate of drug-likeness (QED) is 0.259. The standard InChI is InChI=1S/C28H43N/c1-26(2)18-12-8-6-4-3-5-7-9-17-23-29(24-27-19-13-10-14-20-27)25-28-21-15-11-16-22-28/h10-11,13-16,19-22,26H,3-9,12,17-18,23-25H2,1-2H3. The zero-order chi connectivity index (χ0) is 20.6.